The minimum Gasteiger partial charge on any atom is -0.411 e. The van der Waals surface area contributed by atoms with Crippen molar-refractivity contribution in [2.75, 3.05) is 0 Å². The van der Waals surface area contributed by atoms with E-state index < -0.39 is 0 Å². The predicted octanol–water partition coefficient (Wildman–Crippen LogP) is 6.26. The Kier molecular flexibility index (Phi) is 6.23. The topological polar surface area (TPSA) is 44.6 Å². The predicted molar refractivity (Wildman–Crippen MR) is 108 cm³/mol. The Morgan fingerprint density at radius 3 is 1.88 bits per heavy atom. The summed E-state index contributed by atoms with van der Waals surface area (Å²) in [6.45, 7) is 4.27. The Hall–Kier alpha value is -1.55. The second kappa shape index (κ2) is 8.43. The number of halogens is 2. The molecule has 2 aromatic rings. The van der Waals surface area contributed by atoms with Gasteiger partial charge < -0.3 is 10.5 Å². The second-order valence-corrected chi connectivity index (χ2v) is 7.81. The maximum absolute atomic E-state index is 9.79. The number of nitrogens with one attached hydrogen (secondary N) is 1. The Bertz CT molecular complexity index is 759. The van der Waals surface area contributed by atoms with Crippen LogP contribution < -0.4 is 5.32 Å². The molecule has 26 heavy (non-hydrogen) atoms. The standard InChI is InChI=1S/C21H24Cl2N2O/c1-3-4-18-20(25-26)13(2)19(14-5-9-16(22)10-6-14)24-21(18)15-7-11-17(23)12-8-15/h5-13,18-19,21,24,26H,3-4H2,1-2H3/b25-20+/t13-,18-,19-,21-/m0/s1. The van der Waals surface area contributed by atoms with Crippen LogP contribution in [0.3, 0.4) is 0 Å². The Balaban J connectivity index is 2.01. The van der Waals surface area contributed by atoms with Crippen molar-refractivity contribution in [3.05, 3.63) is 69.7 Å². The van der Waals surface area contributed by atoms with E-state index in [9.17, 15) is 5.21 Å². The van der Waals surface area contributed by atoms with E-state index in [2.05, 4.69) is 24.3 Å². The molecular weight excluding hydrogens is 367 g/mol. The maximum Gasteiger partial charge on any atom is 0.0667 e. The molecule has 1 aliphatic heterocycles. The van der Waals surface area contributed by atoms with Gasteiger partial charge in [0.2, 0.25) is 0 Å². The third-order valence-corrected chi connectivity index (χ3v) is 5.79. The van der Waals surface area contributed by atoms with Crippen molar-refractivity contribution in [1.82, 2.24) is 5.32 Å². The van der Waals surface area contributed by atoms with Crippen LogP contribution in [0.1, 0.15) is 49.9 Å². The van der Waals surface area contributed by atoms with E-state index in [4.69, 9.17) is 23.2 Å². The fourth-order valence-corrected chi connectivity index (χ4v) is 4.23. The van der Waals surface area contributed by atoms with Crippen molar-refractivity contribution < 1.29 is 5.21 Å². The second-order valence-electron chi connectivity index (χ2n) is 6.93. The average Bonchev–Trinajstić information content (AvgIpc) is 2.64. The highest BCUT2D eigenvalue weighted by atomic mass is 35.5. The van der Waals surface area contributed by atoms with E-state index in [0.717, 1.165) is 34.7 Å². The Morgan fingerprint density at radius 2 is 1.42 bits per heavy atom. The number of rotatable bonds is 4. The molecule has 0 aromatic heterocycles. The molecule has 1 fully saturated rings. The van der Waals surface area contributed by atoms with Crippen molar-refractivity contribution in [2.45, 2.75) is 38.8 Å². The first-order chi connectivity index (χ1) is 12.5. The molecule has 138 valence electrons. The Morgan fingerprint density at radius 1 is 0.923 bits per heavy atom. The van der Waals surface area contributed by atoms with Gasteiger partial charge in [0, 0.05) is 34.0 Å². The van der Waals surface area contributed by atoms with Gasteiger partial charge in [-0.15, -0.1) is 0 Å². The lowest BCUT2D eigenvalue weighted by Crippen LogP contribution is -2.47. The van der Waals surface area contributed by atoms with Gasteiger partial charge in [0.1, 0.15) is 0 Å². The molecule has 5 heteroatoms. The SMILES string of the molecule is CCC[C@H]1/C(=N/O)[C@@H](C)[C@@H](c2ccc(Cl)cc2)N[C@H]1c1ccc(Cl)cc1. The lowest BCUT2D eigenvalue weighted by Gasteiger charge is -2.42. The number of hydrogen-bond acceptors (Lipinski definition) is 3. The van der Waals surface area contributed by atoms with Crippen molar-refractivity contribution in [2.24, 2.45) is 17.0 Å². The van der Waals surface area contributed by atoms with E-state index in [1.165, 1.54) is 0 Å². The molecule has 0 aliphatic carbocycles. The zero-order valence-corrected chi connectivity index (χ0v) is 16.5. The zero-order valence-electron chi connectivity index (χ0n) is 15.0. The first-order valence-corrected chi connectivity index (χ1v) is 9.79. The number of oxime groups is 1. The third kappa shape index (κ3) is 3.90. The molecular formula is C21H24Cl2N2O. The highest BCUT2D eigenvalue weighted by Crippen LogP contribution is 2.41. The van der Waals surface area contributed by atoms with E-state index in [1.807, 2.05) is 48.5 Å². The summed E-state index contributed by atoms with van der Waals surface area (Å²) < 4.78 is 0. The zero-order chi connectivity index (χ0) is 18.7. The summed E-state index contributed by atoms with van der Waals surface area (Å²) in [6, 6.07) is 15.9. The van der Waals surface area contributed by atoms with Gasteiger partial charge >= 0.3 is 0 Å². The number of hydrogen-bond donors (Lipinski definition) is 2. The maximum atomic E-state index is 9.79. The van der Waals surface area contributed by atoms with Gasteiger partial charge in [0.05, 0.1) is 5.71 Å². The summed E-state index contributed by atoms with van der Waals surface area (Å²) in [7, 11) is 0. The van der Waals surface area contributed by atoms with Crippen LogP contribution in [-0.2, 0) is 0 Å². The minimum absolute atomic E-state index is 0.0481. The van der Waals surface area contributed by atoms with Crippen LogP contribution in [-0.4, -0.2) is 10.9 Å². The van der Waals surface area contributed by atoms with Crippen molar-refractivity contribution in [3.63, 3.8) is 0 Å². The van der Waals surface area contributed by atoms with Crippen LogP contribution in [0, 0.1) is 11.8 Å². The minimum atomic E-state index is 0.0481. The van der Waals surface area contributed by atoms with Crippen molar-refractivity contribution >= 4 is 28.9 Å². The summed E-state index contributed by atoms with van der Waals surface area (Å²) in [5, 5.41) is 18.8. The third-order valence-electron chi connectivity index (χ3n) is 5.28. The summed E-state index contributed by atoms with van der Waals surface area (Å²) in [5.74, 6) is 0.228. The first kappa shape index (κ1) is 19.2. The molecule has 0 bridgehead atoms. The lowest BCUT2D eigenvalue weighted by molar-refractivity contribution is 0.258. The molecule has 3 rings (SSSR count). The van der Waals surface area contributed by atoms with Crippen LogP contribution in [0.2, 0.25) is 10.0 Å². The van der Waals surface area contributed by atoms with Gasteiger partial charge in [-0.1, -0.05) is 72.9 Å². The molecule has 2 aromatic carbocycles. The van der Waals surface area contributed by atoms with Gasteiger partial charge in [0.15, 0.2) is 0 Å². The molecule has 1 saturated heterocycles. The summed E-state index contributed by atoms with van der Waals surface area (Å²) >= 11 is 12.1. The monoisotopic (exact) mass is 390 g/mol. The molecule has 0 radical (unpaired) electrons. The number of benzene rings is 2. The highest BCUT2D eigenvalue weighted by molar-refractivity contribution is 6.30. The van der Waals surface area contributed by atoms with E-state index in [-0.39, 0.29) is 23.9 Å². The van der Waals surface area contributed by atoms with Gasteiger partial charge in [-0.25, -0.2) is 0 Å². The van der Waals surface area contributed by atoms with Crippen LogP contribution in [0.4, 0.5) is 0 Å². The molecule has 1 aliphatic rings. The van der Waals surface area contributed by atoms with Gasteiger partial charge in [-0.2, -0.15) is 0 Å². The fourth-order valence-electron chi connectivity index (χ4n) is 3.98. The normalized spacial score (nSPS) is 27.6. The van der Waals surface area contributed by atoms with Crippen molar-refractivity contribution in [1.29, 1.82) is 0 Å². The van der Waals surface area contributed by atoms with Crippen LogP contribution in [0.15, 0.2) is 53.7 Å². The molecule has 0 amide bonds. The van der Waals surface area contributed by atoms with Crippen LogP contribution in [0.5, 0.6) is 0 Å². The molecule has 0 spiro atoms. The number of nitrogens with zero attached hydrogens (tertiary/aromatic N) is 1. The molecule has 4 atom stereocenters. The Labute approximate surface area is 165 Å². The summed E-state index contributed by atoms with van der Waals surface area (Å²) in [6.07, 6.45) is 1.98. The van der Waals surface area contributed by atoms with E-state index in [1.54, 1.807) is 0 Å². The van der Waals surface area contributed by atoms with E-state index in [0.29, 0.717) is 5.02 Å². The van der Waals surface area contributed by atoms with E-state index >= 15 is 0 Å². The summed E-state index contributed by atoms with van der Waals surface area (Å²) in [5.41, 5.74) is 3.14. The first-order valence-electron chi connectivity index (χ1n) is 9.04. The smallest absolute Gasteiger partial charge is 0.0667 e. The van der Waals surface area contributed by atoms with Crippen molar-refractivity contribution in [3.8, 4) is 0 Å². The fraction of sp³-hybridized carbons (Fsp3) is 0.381. The molecule has 3 nitrogen and oxygen atoms in total. The lowest BCUT2D eigenvalue weighted by atomic mass is 9.73. The summed E-state index contributed by atoms with van der Waals surface area (Å²) in [4.78, 5) is 0. The van der Waals surface area contributed by atoms with Crippen LogP contribution in [0.25, 0.3) is 0 Å². The van der Waals surface area contributed by atoms with Crippen LogP contribution >= 0.6 is 23.2 Å². The highest BCUT2D eigenvalue weighted by Gasteiger charge is 2.40. The molecule has 0 saturated carbocycles. The van der Waals surface area contributed by atoms with Gasteiger partial charge in [0.25, 0.3) is 0 Å². The molecule has 1 heterocycles. The largest absolute Gasteiger partial charge is 0.411 e. The van der Waals surface area contributed by atoms with Gasteiger partial charge in [-0.05, 0) is 41.8 Å². The molecule has 0 unspecified atom stereocenters. The quantitative estimate of drug-likeness (QED) is 0.477. The van der Waals surface area contributed by atoms with Gasteiger partial charge in [-0.3, -0.25) is 0 Å². The molecule has 2 N–H and O–H groups in total. The number of piperidine rings is 1. The average molecular weight is 391 g/mol.